The predicted octanol–water partition coefficient (Wildman–Crippen LogP) is 7.57. The highest BCUT2D eigenvalue weighted by molar-refractivity contribution is 7.81. The number of likely N-dealkylation sites (tertiary alicyclic amines) is 1. The Kier molecular flexibility index (Phi) is 17.6. The van der Waals surface area contributed by atoms with Gasteiger partial charge in [0.05, 0.1) is 71.5 Å². The van der Waals surface area contributed by atoms with Crippen molar-refractivity contribution in [3.05, 3.63) is 88.6 Å². The fraction of sp³-hybridized carbons (Fsp3) is 0.481. The number of amides is 4. The molecule has 1 aromatic heterocycles. The molecule has 2 aliphatic rings. The number of aliphatic hydroxyl groups is 1. The Hall–Kier alpha value is -6.18. The lowest BCUT2D eigenvalue weighted by atomic mass is 9.84. The SMILES string of the molecule is Cc1ncsc1-c1ccc(CNC(=O)[C@@H]2C[C@@H](O)CN2C(=O)[C@@H](NC(=O)C(C)(C)C)C(C)(C)C)c(OCCOCCOCCOc2ccc(N3C(=S)N(c4ccc(C#N)c(C(F)(F)F)c4)C(=O)C3(C)C)cc2)c1. The molecule has 0 bridgehead atoms. The van der Waals surface area contributed by atoms with E-state index >= 15 is 0 Å². The number of nitrogens with one attached hydrogen (secondary N) is 2. The summed E-state index contributed by atoms with van der Waals surface area (Å²) in [6, 6.07) is 15.1. The minimum Gasteiger partial charge on any atom is -0.491 e. The van der Waals surface area contributed by atoms with Gasteiger partial charge in [0.2, 0.25) is 17.7 Å². The largest absolute Gasteiger partial charge is 0.491 e. The number of nitriles is 1. The number of benzene rings is 3. The van der Waals surface area contributed by atoms with Crippen molar-refractivity contribution in [1.82, 2.24) is 20.5 Å². The monoisotopic (exact) mass is 1050 g/mol. The van der Waals surface area contributed by atoms with Crippen LogP contribution in [0, 0.1) is 29.1 Å². The molecule has 0 aliphatic carbocycles. The van der Waals surface area contributed by atoms with Crippen molar-refractivity contribution in [2.24, 2.45) is 10.8 Å². The molecule has 2 saturated heterocycles. The number of thiocarbonyl (C=S) groups is 1. The average molecular weight is 1050 g/mol. The van der Waals surface area contributed by atoms with Gasteiger partial charge in [-0.15, -0.1) is 11.3 Å². The van der Waals surface area contributed by atoms with Gasteiger partial charge in [-0.3, -0.25) is 24.1 Å². The molecule has 21 heteroatoms. The van der Waals surface area contributed by atoms with E-state index in [0.29, 0.717) is 22.7 Å². The molecule has 0 saturated carbocycles. The zero-order valence-corrected chi connectivity index (χ0v) is 44.0. The molecule has 2 aliphatic heterocycles. The fourth-order valence-corrected chi connectivity index (χ4v) is 9.55. The summed E-state index contributed by atoms with van der Waals surface area (Å²) in [6.07, 6.45) is -5.68. The maximum absolute atomic E-state index is 14.0. The van der Waals surface area contributed by atoms with Crippen molar-refractivity contribution in [2.45, 2.75) is 105 Å². The van der Waals surface area contributed by atoms with Crippen molar-refractivity contribution in [3.63, 3.8) is 0 Å². The molecular formula is C52H62F3N7O9S2. The van der Waals surface area contributed by atoms with Gasteiger partial charge < -0.3 is 44.5 Å². The van der Waals surface area contributed by atoms with Gasteiger partial charge in [-0.2, -0.15) is 18.4 Å². The normalized spacial score (nSPS) is 17.4. The first-order valence-corrected chi connectivity index (χ1v) is 24.9. The molecule has 73 heavy (non-hydrogen) atoms. The Balaban J connectivity index is 0.970. The van der Waals surface area contributed by atoms with Crippen molar-refractivity contribution < 1.29 is 56.4 Å². The first kappa shape index (κ1) is 56.1. The molecule has 392 valence electrons. The molecular weight excluding hydrogens is 988 g/mol. The molecule has 0 spiro atoms. The highest BCUT2D eigenvalue weighted by Crippen LogP contribution is 2.40. The number of anilines is 2. The van der Waals surface area contributed by atoms with E-state index in [0.717, 1.165) is 33.2 Å². The topological polar surface area (TPSA) is 196 Å². The molecule has 6 rings (SSSR count). The van der Waals surface area contributed by atoms with Crippen molar-refractivity contribution in [2.75, 3.05) is 56.0 Å². The van der Waals surface area contributed by atoms with Crippen molar-refractivity contribution >= 4 is 63.7 Å². The number of carbonyl (C=O) groups is 4. The fourth-order valence-electron chi connectivity index (χ4n) is 8.23. The molecule has 16 nitrogen and oxygen atoms in total. The van der Waals surface area contributed by atoms with Gasteiger partial charge in [0.15, 0.2) is 5.11 Å². The third-order valence-corrected chi connectivity index (χ3v) is 13.6. The van der Waals surface area contributed by atoms with Crippen LogP contribution in [0.4, 0.5) is 24.5 Å². The highest BCUT2D eigenvalue weighted by atomic mass is 32.1. The van der Waals surface area contributed by atoms with E-state index in [2.05, 4.69) is 15.6 Å². The number of alkyl halides is 3. The number of aryl methyl sites for hydroxylation is 1. The lowest BCUT2D eigenvalue weighted by Gasteiger charge is -2.36. The molecule has 3 N–H and O–H groups in total. The number of ether oxygens (including phenoxy) is 4. The number of β-amino-alcohol motifs (C(OH)–C–C–N with tert-alkyl or cyclic N) is 1. The smallest absolute Gasteiger partial charge is 0.417 e. The van der Waals surface area contributed by atoms with Crippen LogP contribution in [0.15, 0.2) is 66.2 Å². The Bertz CT molecular complexity index is 2710. The second-order valence-corrected chi connectivity index (χ2v) is 21.5. The number of thiazole rings is 1. The second-order valence-electron chi connectivity index (χ2n) is 20.3. The van der Waals surface area contributed by atoms with E-state index in [9.17, 15) is 42.7 Å². The van der Waals surface area contributed by atoms with Gasteiger partial charge in [0.25, 0.3) is 5.91 Å². The average Bonchev–Trinajstić information content (AvgIpc) is 3.99. The van der Waals surface area contributed by atoms with Gasteiger partial charge >= 0.3 is 6.18 Å². The van der Waals surface area contributed by atoms with Crippen LogP contribution < -0.4 is 29.9 Å². The van der Waals surface area contributed by atoms with Crippen LogP contribution in [-0.2, 0) is 41.4 Å². The van der Waals surface area contributed by atoms with E-state index in [1.807, 2.05) is 45.9 Å². The number of aromatic nitrogens is 1. The third kappa shape index (κ3) is 13.3. The maximum Gasteiger partial charge on any atom is 0.417 e. The molecule has 3 heterocycles. The standard InChI is InChI=1S/C52H62F3N7O9S2/c1-31-42(73-30-58-31)32-10-11-34(28-57-44(64)40-26-37(63)29-60(40)45(65)43(49(2,3)4)59-46(66)50(5,6)7)41(24-32)71-23-21-69-19-18-68-20-22-70-38-16-14-35(15-17-38)62-48(72)61(47(67)51(62,8)9)36-13-12-33(27-56)39(25-36)52(53,54)55/h10-17,24-25,30,37,40,43,63H,18-23,26,28-29H2,1-9H3,(H,57,64)(H,59,66)/t37-,40+,43-/m1/s1. The van der Waals surface area contributed by atoms with Crippen LogP contribution in [0.3, 0.4) is 0 Å². The minimum atomic E-state index is -4.81. The third-order valence-electron chi connectivity index (χ3n) is 12.3. The molecule has 2 fully saturated rings. The molecule has 4 aromatic rings. The second kappa shape index (κ2) is 22.9. The number of hydrogen-bond acceptors (Lipinski definition) is 13. The van der Waals surface area contributed by atoms with Gasteiger partial charge in [-0.05, 0) is 92.5 Å². The highest BCUT2D eigenvalue weighted by Gasteiger charge is 2.51. The van der Waals surface area contributed by atoms with Gasteiger partial charge in [0, 0.05) is 36.2 Å². The van der Waals surface area contributed by atoms with E-state index < -0.39 is 69.6 Å². The summed E-state index contributed by atoms with van der Waals surface area (Å²) in [6.45, 7) is 17.3. The van der Waals surface area contributed by atoms with E-state index in [-0.39, 0.29) is 75.9 Å². The zero-order chi connectivity index (χ0) is 53.6. The van der Waals surface area contributed by atoms with E-state index in [4.69, 9.17) is 31.2 Å². The Morgan fingerprint density at radius 3 is 2.15 bits per heavy atom. The van der Waals surface area contributed by atoms with Crippen molar-refractivity contribution in [3.8, 4) is 28.0 Å². The van der Waals surface area contributed by atoms with Crippen LogP contribution in [0.5, 0.6) is 11.5 Å². The molecule has 3 atom stereocenters. The first-order chi connectivity index (χ1) is 34.2. The number of hydrogen-bond donors (Lipinski definition) is 3. The summed E-state index contributed by atoms with van der Waals surface area (Å²) in [4.78, 5) is 63.7. The lowest BCUT2D eigenvalue weighted by Crippen LogP contribution is -2.59. The number of rotatable bonds is 19. The van der Waals surface area contributed by atoms with Crippen LogP contribution in [0.25, 0.3) is 10.4 Å². The number of aliphatic hydroxyl groups excluding tert-OH is 1. The summed E-state index contributed by atoms with van der Waals surface area (Å²) < 4.78 is 64.8. The van der Waals surface area contributed by atoms with Gasteiger partial charge in [0.1, 0.15) is 42.3 Å². The van der Waals surface area contributed by atoms with Gasteiger partial charge in [-0.1, -0.05) is 53.7 Å². The summed E-state index contributed by atoms with van der Waals surface area (Å²) in [5, 5.41) is 25.7. The number of carbonyl (C=O) groups excluding carboxylic acids is 4. The molecule has 3 aromatic carbocycles. The summed E-state index contributed by atoms with van der Waals surface area (Å²) in [5.74, 6) is -0.705. The maximum atomic E-state index is 14.0. The summed E-state index contributed by atoms with van der Waals surface area (Å²) >= 11 is 7.12. The lowest BCUT2D eigenvalue weighted by molar-refractivity contribution is -0.145. The number of halogens is 3. The first-order valence-electron chi connectivity index (χ1n) is 23.7. The summed E-state index contributed by atoms with van der Waals surface area (Å²) in [7, 11) is 0. The van der Waals surface area contributed by atoms with Gasteiger partial charge in [-0.25, -0.2) is 4.98 Å². The zero-order valence-electron chi connectivity index (χ0n) is 42.3. The van der Waals surface area contributed by atoms with Crippen LogP contribution in [0.2, 0.25) is 0 Å². The Morgan fingerprint density at radius 2 is 1.56 bits per heavy atom. The van der Waals surface area contributed by atoms with Crippen LogP contribution in [-0.4, -0.2) is 114 Å². The van der Waals surface area contributed by atoms with E-state index in [1.54, 1.807) is 75.4 Å². The van der Waals surface area contributed by atoms with Crippen LogP contribution >= 0.6 is 23.6 Å². The minimum absolute atomic E-state index is 0.0210. The molecule has 4 amide bonds. The summed E-state index contributed by atoms with van der Waals surface area (Å²) in [5.41, 5.74) is 0.200. The van der Waals surface area contributed by atoms with E-state index in [1.165, 1.54) is 22.3 Å². The molecule has 0 radical (unpaired) electrons. The number of nitrogens with zero attached hydrogens (tertiary/aromatic N) is 5. The molecule has 0 unspecified atom stereocenters. The van der Waals surface area contributed by atoms with Crippen LogP contribution in [0.1, 0.15) is 84.2 Å². The van der Waals surface area contributed by atoms with Crippen molar-refractivity contribution in [1.29, 1.82) is 5.26 Å². The Labute approximate surface area is 432 Å². The predicted molar refractivity (Wildman–Crippen MR) is 273 cm³/mol. The quantitative estimate of drug-likeness (QED) is 0.0615. The Morgan fingerprint density at radius 1 is 0.932 bits per heavy atom.